The lowest BCUT2D eigenvalue weighted by atomic mass is 10.2. The minimum absolute atomic E-state index is 0.457. The van der Waals surface area contributed by atoms with Crippen LogP contribution in [-0.2, 0) is 9.59 Å². The molecular formula is C12H24N2O4S2. The Hall–Kier alpha value is -0.440. The standard InChI is InChI=1S/C12H24N2O4S2/c13-9(11(15)16)7-19-5-3-1-2-4-6-20-8-10(14)12(17)18/h9-10H,1-8,13-14H2,(H,15,16)(H,17,18). The normalized spacial score (nSPS) is 13.9. The molecule has 118 valence electrons. The monoisotopic (exact) mass is 324 g/mol. The SMILES string of the molecule is NC(CSCCCCCCSCC(N)C(=O)O)C(=O)O. The maximum atomic E-state index is 10.5. The van der Waals surface area contributed by atoms with Crippen molar-refractivity contribution in [1.29, 1.82) is 0 Å². The highest BCUT2D eigenvalue weighted by molar-refractivity contribution is 7.99. The fourth-order valence-corrected chi connectivity index (χ4v) is 3.27. The molecule has 0 aliphatic heterocycles. The predicted molar refractivity (Wildman–Crippen MR) is 84.3 cm³/mol. The van der Waals surface area contributed by atoms with E-state index in [1.807, 2.05) is 0 Å². The van der Waals surface area contributed by atoms with Crippen LogP contribution in [0.5, 0.6) is 0 Å². The summed E-state index contributed by atoms with van der Waals surface area (Å²) < 4.78 is 0. The summed E-state index contributed by atoms with van der Waals surface area (Å²) in [5.41, 5.74) is 10.8. The molecule has 0 bridgehead atoms. The second-order valence-corrected chi connectivity index (χ2v) is 6.75. The van der Waals surface area contributed by atoms with E-state index in [-0.39, 0.29) is 0 Å². The Balaban J connectivity index is 3.21. The molecule has 0 rings (SSSR count). The first-order chi connectivity index (χ1) is 9.45. The summed E-state index contributed by atoms with van der Waals surface area (Å²) in [5.74, 6) is 0.871. The smallest absolute Gasteiger partial charge is 0.321 e. The molecule has 6 N–H and O–H groups in total. The van der Waals surface area contributed by atoms with Crippen molar-refractivity contribution in [2.45, 2.75) is 37.8 Å². The zero-order valence-electron chi connectivity index (χ0n) is 11.5. The van der Waals surface area contributed by atoms with Crippen LogP contribution in [0.1, 0.15) is 25.7 Å². The predicted octanol–water partition coefficient (Wildman–Crippen LogP) is 0.837. The lowest BCUT2D eigenvalue weighted by Crippen LogP contribution is -2.32. The van der Waals surface area contributed by atoms with Gasteiger partial charge in [-0.25, -0.2) is 0 Å². The fourth-order valence-electron chi connectivity index (χ4n) is 1.32. The Morgan fingerprint density at radius 1 is 0.800 bits per heavy atom. The zero-order chi connectivity index (χ0) is 15.4. The molecule has 0 aromatic heterocycles. The van der Waals surface area contributed by atoms with E-state index in [2.05, 4.69) is 0 Å². The van der Waals surface area contributed by atoms with Gasteiger partial charge in [0.2, 0.25) is 0 Å². The summed E-state index contributed by atoms with van der Waals surface area (Å²) in [7, 11) is 0. The first-order valence-corrected chi connectivity index (χ1v) is 8.88. The lowest BCUT2D eigenvalue weighted by molar-refractivity contribution is -0.138. The molecule has 0 radical (unpaired) electrons. The molecule has 0 saturated carbocycles. The van der Waals surface area contributed by atoms with E-state index in [0.717, 1.165) is 37.2 Å². The number of carbonyl (C=O) groups is 2. The number of hydrogen-bond donors (Lipinski definition) is 4. The van der Waals surface area contributed by atoms with E-state index >= 15 is 0 Å². The molecule has 0 amide bonds. The summed E-state index contributed by atoms with van der Waals surface area (Å²) >= 11 is 3.14. The first kappa shape index (κ1) is 19.6. The number of nitrogens with two attached hydrogens (primary N) is 2. The molecule has 8 heteroatoms. The van der Waals surface area contributed by atoms with Gasteiger partial charge in [0, 0.05) is 11.5 Å². The van der Waals surface area contributed by atoms with Gasteiger partial charge in [0.1, 0.15) is 12.1 Å². The molecule has 0 aromatic carbocycles. The van der Waals surface area contributed by atoms with Crippen LogP contribution >= 0.6 is 23.5 Å². The lowest BCUT2D eigenvalue weighted by Gasteiger charge is -2.06. The molecule has 2 atom stereocenters. The third-order valence-corrected chi connectivity index (χ3v) is 4.90. The number of carboxylic acids is 2. The maximum absolute atomic E-state index is 10.5. The average Bonchev–Trinajstić information content (AvgIpc) is 2.39. The van der Waals surface area contributed by atoms with Gasteiger partial charge in [-0.1, -0.05) is 12.8 Å². The number of hydrogen-bond acceptors (Lipinski definition) is 6. The van der Waals surface area contributed by atoms with Gasteiger partial charge in [0.05, 0.1) is 0 Å². The van der Waals surface area contributed by atoms with Crippen LogP contribution in [0.3, 0.4) is 0 Å². The summed E-state index contributed by atoms with van der Waals surface area (Å²) in [6, 6.07) is -1.54. The van der Waals surface area contributed by atoms with Gasteiger partial charge in [-0.05, 0) is 24.3 Å². The van der Waals surface area contributed by atoms with Crippen LogP contribution in [0.2, 0.25) is 0 Å². The highest BCUT2D eigenvalue weighted by Gasteiger charge is 2.11. The van der Waals surface area contributed by atoms with Gasteiger partial charge < -0.3 is 21.7 Å². The van der Waals surface area contributed by atoms with Crippen LogP contribution in [0.4, 0.5) is 0 Å². The molecule has 0 aliphatic carbocycles. The van der Waals surface area contributed by atoms with Crippen molar-refractivity contribution in [3.8, 4) is 0 Å². The van der Waals surface area contributed by atoms with Crippen LogP contribution in [-0.4, -0.2) is 57.2 Å². The minimum atomic E-state index is -0.950. The van der Waals surface area contributed by atoms with Crippen molar-refractivity contribution in [2.24, 2.45) is 11.5 Å². The number of rotatable bonds is 13. The summed E-state index contributed by atoms with van der Waals surface area (Å²) in [6.07, 6.45) is 4.30. The Morgan fingerprint density at radius 2 is 1.15 bits per heavy atom. The second-order valence-electron chi connectivity index (χ2n) is 4.45. The van der Waals surface area contributed by atoms with E-state index < -0.39 is 24.0 Å². The first-order valence-electron chi connectivity index (χ1n) is 6.57. The highest BCUT2D eigenvalue weighted by Crippen LogP contribution is 2.11. The molecule has 0 fully saturated rings. The quantitative estimate of drug-likeness (QED) is 0.367. The van der Waals surface area contributed by atoms with Crippen molar-refractivity contribution in [1.82, 2.24) is 0 Å². The molecule has 0 aromatic rings. The summed E-state index contributed by atoms with van der Waals surface area (Å²) in [4.78, 5) is 20.9. The Bertz CT molecular complexity index is 265. The summed E-state index contributed by atoms with van der Waals surface area (Å²) in [5, 5.41) is 17.2. The van der Waals surface area contributed by atoms with E-state index in [0.29, 0.717) is 11.5 Å². The third kappa shape index (κ3) is 11.4. The average molecular weight is 324 g/mol. The van der Waals surface area contributed by atoms with Gasteiger partial charge in [-0.15, -0.1) is 0 Å². The van der Waals surface area contributed by atoms with Gasteiger partial charge >= 0.3 is 11.9 Å². The van der Waals surface area contributed by atoms with Gasteiger partial charge in [0.15, 0.2) is 0 Å². The van der Waals surface area contributed by atoms with E-state index in [1.165, 1.54) is 0 Å². The second kappa shape index (κ2) is 12.3. The molecule has 0 spiro atoms. The molecule has 6 nitrogen and oxygen atoms in total. The van der Waals surface area contributed by atoms with Crippen molar-refractivity contribution < 1.29 is 19.8 Å². The van der Waals surface area contributed by atoms with Crippen molar-refractivity contribution in [3.63, 3.8) is 0 Å². The minimum Gasteiger partial charge on any atom is -0.480 e. The maximum Gasteiger partial charge on any atom is 0.321 e. The molecule has 2 unspecified atom stereocenters. The Morgan fingerprint density at radius 3 is 1.45 bits per heavy atom. The molecular weight excluding hydrogens is 300 g/mol. The van der Waals surface area contributed by atoms with Gasteiger partial charge in [-0.2, -0.15) is 23.5 Å². The topological polar surface area (TPSA) is 127 Å². The van der Waals surface area contributed by atoms with Gasteiger partial charge in [0.25, 0.3) is 0 Å². The van der Waals surface area contributed by atoms with E-state index in [4.69, 9.17) is 21.7 Å². The molecule has 0 saturated heterocycles. The number of aliphatic carboxylic acids is 2. The van der Waals surface area contributed by atoms with E-state index in [9.17, 15) is 9.59 Å². The van der Waals surface area contributed by atoms with Crippen molar-refractivity contribution >= 4 is 35.5 Å². The van der Waals surface area contributed by atoms with Crippen LogP contribution in [0, 0.1) is 0 Å². The highest BCUT2D eigenvalue weighted by atomic mass is 32.2. The summed E-state index contributed by atoms with van der Waals surface area (Å²) in [6.45, 7) is 0. The van der Waals surface area contributed by atoms with Gasteiger partial charge in [-0.3, -0.25) is 9.59 Å². The van der Waals surface area contributed by atoms with Crippen molar-refractivity contribution in [3.05, 3.63) is 0 Å². The van der Waals surface area contributed by atoms with E-state index in [1.54, 1.807) is 23.5 Å². The van der Waals surface area contributed by atoms with Crippen LogP contribution in [0.25, 0.3) is 0 Å². The number of carboxylic acid groups (broad SMARTS) is 2. The fraction of sp³-hybridized carbons (Fsp3) is 0.833. The van der Waals surface area contributed by atoms with Crippen LogP contribution < -0.4 is 11.5 Å². The zero-order valence-corrected chi connectivity index (χ0v) is 13.1. The largest absolute Gasteiger partial charge is 0.480 e. The molecule has 20 heavy (non-hydrogen) atoms. The Kier molecular flexibility index (Phi) is 12.0. The Labute approximate surface area is 128 Å². The molecule has 0 heterocycles. The number of thioether (sulfide) groups is 2. The van der Waals surface area contributed by atoms with Crippen molar-refractivity contribution in [2.75, 3.05) is 23.0 Å². The van der Waals surface area contributed by atoms with Crippen LogP contribution in [0.15, 0.2) is 0 Å². The molecule has 0 aliphatic rings. The number of unbranched alkanes of at least 4 members (excludes halogenated alkanes) is 3. The third-order valence-electron chi connectivity index (χ3n) is 2.56.